The lowest BCUT2D eigenvalue weighted by Crippen LogP contribution is -2.27. The summed E-state index contributed by atoms with van der Waals surface area (Å²) < 4.78 is 14.2. The van der Waals surface area contributed by atoms with Crippen molar-refractivity contribution in [1.29, 1.82) is 0 Å². The van der Waals surface area contributed by atoms with Crippen LogP contribution in [-0.2, 0) is 22.5 Å². The zero-order chi connectivity index (χ0) is 28.9. The lowest BCUT2D eigenvalue weighted by Gasteiger charge is -2.30. The van der Waals surface area contributed by atoms with Crippen LogP contribution in [0.2, 0.25) is 0 Å². The predicted molar refractivity (Wildman–Crippen MR) is 160 cm³/mol. The molecule has 1 aliphatic heterocycles. The summed E-state index contributed by atoms with van der Waals surface area (Å²) in [7, 11) is 0. The van der Waals surface area contributed by atoms with Crippen molar-refractivity contribution in [3.63, 3.8) is 0 Å². The van der Waals surface area contributed by atoms with Gasteiger partial charge in [-0.05, 0) is 98.8 Å². The van der Waals surface area contributed by atoms with Crippen molar-refractivity contribution in [2.75, 3.05) is 6.61 Å². The first-order valence-electron chi connectivity index (χ1n) is 13.9. The number of fused-ring (bicyclic) bond motifs is 1. The van der Waals surface area contributed by atoms with Crippen molar-refractivity contribution in [2.45, 2.75) is 59.3 Å². The highest BCUT2D eigenvalue weighted by Crippen LogP contribution is 2.45. The molecule has 208 valence electrons. The number of Topliss-reactive ketones (excluding diaryl/α,β-unsaturated/α-hetero) is 1. The average molecular weight is 548 g/mol. The molecular formula is C34H33N3O4. The van der Waals surface area contributed by atoms with E-state index < -0.39 is 11.7 Å². The number of ketones is 1. The van der Waals surface area contributed by atoms with Crippen LogP contribution in [0.5, 0.6) is 5.75 Å². The number of aromatic nitrogens is 3. The molecule has 0 fully saturated rings. The second kappa shape index (κ2) is 10.2. The van der Waals surface area contributed by atoms with Crippen LogP contribution in [0.25, 0.3) is 32.9 Å². The second-order valence-electron chi connectivity index (χ2n) is 11.7. The maximum Gasteiger partial charge on any atom is 0.251 e. The second-order valence-corrected chi connectivity index (χ2v) is 11.7. The maximum absolute atomic E-state index is 13.3. The number of ether oxygens (including phenoxy) is 2. The Hall–Kier alpha value is -4.36. The van der Waals surface area contributed by atoms with Crippen molar-refractivity contribution in [1.82, 2.24) is 14.5 Å². The Morgan fingerprint density at radius 2 is 1.95 bits per heavy atom. The van der Waals surface area contributed by atoms with E-state index in [0.29, 0.717) is 13.2 Å². The van der Waals surface area contributed by atoms with E-state index in [9.17, 15) is 9.59 Å². The maximum atomic E-state index is 13.3. The van der Waals surface area contributed by atoms with Gasteiger partial charge in [0.2, 0.25) is 0 Å². The number of carbonyl (C=O) groups excluding carboxylic acids is 1. The molecule has 4 heterocycles. The Morgan fingerprint density at radius 1 is 1.12 bits per heavy atom. The van der Waals surface area contributed by atoms with Gasteiger partial charge in [-0.1, -0.05) is 6.07 Å². The van der Waals surface area contributed by atoms with Crippen molar-refractivity contribution in [3.8, 4) is 16.9 Å². The van der Waals surface area contributed by atoms with Gasteiger partial charge in [-0.3, -0.25) is 19.6 Å². The summed E-state index contributed by atoms with van der Waals surface area (Å²) in [5.74, 6) is 0.713. The van der Waals surface area contributed by atoms with Crippen molar-refractivity contribution < 1.29 is 14.3 Å². The van der Waals surface area contributed by atoms with Crippen LogP contribution in [-0.4, -0.2) is 32.5 Å². The van der Waals surface area contributed by atoms with E-state index in [2.05, 4.69) is 4.98 Å². The van der Waals surface area contributed by atoms with Gasteiger partial charge in [-0.25, -0.2) is 0 Å². The number of rotatable bonds is 6. The Morgan fingerprint density at radius 3 is 2.68 bits per heavy atom. The van der Waals surface area contributed by atoms with Gasteiger partial charge >= 0.3 is 0 Å². The SMILES string of the molecule is CC(=O)C(OC(C)(C)C)c1c(C)cc2c(ccc(=O)n2Cc2cccnc2)c1-c1ccc2c3c(ccnc13)CCO2. The fraction of sp³-hybridized carbons (Fsp3) is 0.294. The fourth-order valence-corrected chi connectivity index (χ4v) is 5.85. The van der Waals surface area contributed by atoms with Gasteiger partial charge in [-0.2, -0.15) is 0 Å². The third-order valence-electron chi connectivity index (χ3n) is 7.55. The minimum atomic E-state index is -0.810. The van der Waals surface area contributed by atoms with Crippen LogP contribution in [0.15, 0.2) is 71.9 Å². The first-order chi connectivity index (χ1) is 19.6. The first-order valence-corrected chi connectivity index (χ1v) is 13.9. The van der Waals surface area contributed by atoms with E-state index in [1.54, 1.807) is 30.0 Å². The highest BCUT2D eigenvalue weighted by atomic mass is 16.5. The van der Waals surface area contributed by atoms with E-state index in [4.69, 9.17) is 14.5 Å². The van der Waals surface area contributed by atoms with Gasteiger partial charge in [0.15, 0.2) is 5.78 Å². The van der Waals surface area contributed by atoms with Gasteiger partial charge in [-0.15, -0.1) is 0 Å². The normalized spacial score (nSPS) is 13.8. The number of aryl methyl sites for hydroxylation is 1. The molecule has 6 rings (SSSR count). The summed E-state index contributed by atoms with van der Waals surface area (Å²) in [4.78, 5) is 35.6. The van der Waals surface area contributed by atoms with E-state index in [1.807, 2.05) is 76.4 Å². The standard InChI is InChI=1S/C34H33N3O4/c1-20-17-26-24(9-11-28(39)37(26)19-22-7-6-14-35-18-22)31(29(20)33(21(2)38)41-34(3,4)5)25-8-10-27-30-23(13-16-40-27)12-15-36-32(25)30/h6-12,14-15,17-18,33H,13,16,19H2,1-5H3. The first kappa shape index (κ1) is 26.8. The summed E-state index contributed by atoms with van der Waals surface area (Å²) in [5.41, 5.74) is 6.34. The molecule has 1 atom stereocenters. The van der Waals surface area contributed by atoms with Gasteiger partial charge in [0, 0.05) is 47.4 Å². The zero-order valence-electron chi connectivity index (χ0n) is 24.0. The quantitative estimate of drug-likeness (QED) is 0.246. The summed E-state index contributed by atoms with van der Waals surface area (Å²) in [6.45, 7) is 10.4. The number of hydrogen-bond donors (Lipinski definition) is 0. The number of hydrogen-bond acceptors (Lipinski definition) is 6. The number of benzene rings is 2. The Labute approximate surface area is 238 Å². The van der Waals surface area contributed by atoms with Crippen LogP contribution >= 0.6 is 0 Å². The lowest BCUT2D eigenvalue weighted by atomic mass is 9.85. The molecule has 7 heteroatoms. The Balaban J connectivity index is 1.73. The molecular weight excluding hydrogens is 514 g/mol. The summed E-state index contributed by atoms with van der Waals surface area (Å²) >= 11 is 0. The summed E-state index contributed by atoms with van der Waals surface area (Å²) in [6.07, 6.45) is 5.31. The number of carbonyl (C=O) groups is 1. The molecule has 1 unspecified atom stereocenters. The third kappa shape index (κ3) is 4.91. The number of nitrogens with zero attached hydrogens (tertiary/aromatic N) is 3. The Kier molecular flexibility index (Phi) is 6.70. The van der Waals surface area contributed by atoms with Gasteiger partial charge in [0.1, 0.15) is 11.9 Å². The van der Waals surface area contributed by atoms with E-state index in [1.165, 1.54) is 5.56 Å². The molecule has 0 saturated heterocycles. The molecule has 5 aromatic rings. The number of pyridine rings is 3. The highest BCUT2D eigenvalue weighted by Gasteiger charge is 2.31. The molecule has 0 N–H and O–H groups in total. The topological polar surface area (TPSA) is 83.3 Å². The molecule has 1 aliphatic rings. The van der Waals surface area contributed by atoms with Crippen molar-refractivity contribution in [2.24, 2.45) is 0 Å². The largest absolute Gasteiger partial charge is 0.493 e. The molecule has 7 nitrogen and oxygen atoms in total. The average Bonchev–Trinajstić information content (AvgIpc) is 2.94. The van der Waals surface area contributed by atoms with E-state index >= 15 is 0 Å². The van der Waals surface area contributed by atoms with Crippen LogP contribution < -0.4 is 10.3 Å². The van der Waals surface area contributed by atoms with Crippen LogP contribution in [0.3, 0.4) is 0 Å². The minimum absolute atomic E-state index is 0.0914. The third-order valence-corrected chi connectivity index (χ3v) is 7.55. The molecule has 0 radical (unpaired) electrons. The smallest absolute Gasteiger partial charge is 0.251 e. The van der Waals surface area contributed by atoms with Crippen LogP contribution in [0, 0.1) is 6.92 Å². The highest BCUT2D eigenvalue weighted by molar-refractivity contribution is 6.08. The van der Waals surface area contributed by atoms with Crippen molar-refractivity contribution >= 4 is 27.6 Å². The summed E-state index contributed by atoms with van der Waals surface area (Å²) in [5, 5.41) is 1.83. The van der Waals surface area contributed by atoms with E-state index in [0.717, 1.165) is 61.8 Å². The van der Waals surface area contributed by atoms with E-state index in [-0.39, 0.29) is 11.3 Å². The fourth-order valence-electron chi connectivity index (χ4n) is 5.85. The van der Waals surface area contributed by atoms with Crippen LogP contribution in [0.1, 0.15) is 56.1 Å². The predicted octanol–water partition coefficient (Wildman–Crippen LogP) is 6.35. The summed E-state index contributed by atoms with van der Waals surface area (Å²) in [6, 6.07) is 15.3. The monoisotopic (exact) mass is 547 g/mol. The lowest BCUT2D eigenvalue weighted by molar-refractivity contribution is -0.138. The minimum Gasteiger partial charge on any atom is -0.493 e. The molecule has 3 aromatic heterocycles. The molecule has 0 amide bonds. The molecule has 0 spiro atoms. The Bertz CT molecular complexity index is 1860. The van der Waals surface area contributed by atoms with Crippen molar-refractivity contribution in [3.05, 3.63) is 99.7 Å². The van der Waals surface area contributed by atoms with Crippen LogP contribution in [0.4, 0.5) is 0 Å². The molecule has 41 heavy (non-hydrogen) atoms. The van der Waals surface area contributed by atoms with Gasteiger partial charge < -0.3 is 14.0 Å². The van der Waals surface area contributed by atoms with Gasteiger partial charge in [0.05, 0.1) is 29.8 Å². The molecule has 0 aliphatic carbocycles. The van der Waals surface area contributed by atoms with Gasteiger partial charge in [0.25, 0.3) is 5.56 Å². The zero-order valence-corrected chi connectivity index (χ0v) is 24.0. The molecule has 0 bridgehead atoms. The molecule has 2 aromatic carbocycles. The molecule has 0 saturated carbocycles.